The highest BCUT2D eigenvalue weighted by molar-refractivity contribution is 5.48. The van der Waals surface area contributed by atoms with Gasteiger partial charge in [0.15, 0.2) is 0 Å². The highest BCUT2D eigenvalue weighted by Crippen LogP contribution is 2.36. The number of rotatable bonds is 8. The van der Waals surface area contributed by atoms with E-state index >= 15 is 0 Å². The highest BCUT2D eigenvalue weighted by atomic mass is 16.1. The third-order valence-corrected chi connectivity index (χ3v) is 4.46. The molecule has 1 heteroatoms. The van der Waals surface area contributed by atoms with Gasteiger partial charge in [0, 0.05) is 6.42 Å². The van der Waals surface area contributed by atoms with E-state index in [9.17, 15) is 4.79 Å². The Morgan fingerprint density at radius 3 is 2.05 bits per heavy atom. The molecule has 0 aromatic carbocycles. The van der Waals surface area contributed by atoms with Crippen LogP contribution in [-0.4, -0.2) is 6.29 Å². The number of carbonyl (C=O) groups is 1. The molecule has 1 unspecified atom stereocenters. The SMILES string of the molecule is CC(C)(C)C1[CH]CCCC1.CCCCCCCCCC=O. The van der Waals surface area contributed by atoms with E-state index in [0.29, 0.717) is 5.41 Å². The molecule has 1 fully saturated rings. The van der Waals surface area contributed by atoms with Crippen LogP contribution in [0.3, 0.4) is 0 Å². The lowest BCUT2D eigenvalue weighted by Gasteiger charge is -2.33. The maximum atomic E-state index is 9.94. The molecule has 1 aliphatic rings. The summed E-state index contributed by atoms with van der Waals surface area (Å²) in [7, 11) is 0. The molecule has 0 aromatic heterocycles. The Hall–Kier alpha value is -0.330. The van der Waals surface area contributed by atoms with Crippen molar-refractivity contribution in [2.24, 2.45) is 11.3 Å². The van der Waals surface area contributed by atoms with E-state index in [1.54, 1.807) is 0 Å². The first-order chi connectivity index (χ1) is 10.0. The normalized spacial score (nSPS) is 16.2. The summed E-state index contributed by atoms with van der Waals surface area (Å²) in [4.78, 5) is 9.94. The Morgan fingerprint density at radius 2 is 1.62 bits per heavy atom. The topological polar surface area (TPSA) is 17.1 Å². The van der Waals surface area contributed by atoms with Crippen LogP contribution in [0.1, 0.15) is 105 Å². The molecular formula is C20H39O. The lowest BCUT2D eigenvalue weighted by Crippen LogP contribution is -2.23. The molecule has 0 saturated heterocycles. The number of hydrogen-bond donors (Lipinski definition) is 0. The van der Waals surface area contributed by atoms with Crippen molar-refractivity contribution >= 4 is 6.29 Å². The summed E-state index contributed by atoms with van der Waals surface area (Å²) in [6.45, 7) is 9.27. The number of carbonyl (C=O) groups excluding carboxylic acids is 1. The van der Waals surface area contributed by atoms with Gasteiger partial charge in [0.05, 0.1) is 0 Å². The predicted molar refractivity (Wildman–Crippen MR) is 94.4 cm³/mol. The molecule has 0 heterocycles. The Morgan fingerprint density at radius 1 is 1.00 bits per heavy atom. The second-order valence-corrected chi connectivity index (χ2v) is 7.57. The second-order valence-electron chi connectivity index (χ2n) is 7.57. The Balaban J connectivity index is 0.000000382. The molecule has 0 amide bonds. The first-order valence-electron chi connectivity index (χ1n) is 9.29. The summed E-state index contributed by atoms with van der Waals surface area (Å²) < 4.78 is 0. The van der Waals surface area contributed by atoms with Crippen molar-refractivity contribution in [3.05, 3.63) is 6.42 Å². The number of hydrogen-bond acceptors (Lipinski definition) is 1. The van der Waals surface area contributed by atoms with Gasteiger partial charge in [0.25, 0.3) is 0 Å². The monoisotopic (exact) mass is 295 g/mol. The van der Waals surface area contributed by atoms with Crippen LogP contribution >= 0.6 is 0 Å². The maximum absolute atomic E-state index is 9.94. The molecule has 0 N–H and O–H groups in total. The predicted octanol–water partition coefficient (Wildman–Crippen LogP) is 6.75. The quantitative estimate of drug-likeness (QED) is 0.357. The average Bonchev–Trinajstić information content (AvgIpc) is 2.47. The summed E-state index contributed by atoms with van der Waals surface area (Å²) in [5, 5.41) is 0. The molecule has 1 aliphatic carbocycles. The van der Waals surface area contributed by atoms with Crippen molar-refractivity contribution < 1.29 is 4.79 Å². The molecule has 1 atom stereocenters. The third kappa shape index (κ3) is 13.1. The molecule has 1 nitrogen and oxygen atoms in total. The smallest absolute Gasteiger partial charge is 0.119 e. The van der Waals surface area contributed by atoms with Crippen LogP contribution in [0.4, 0.5) is 0 Å². The van der Waals surface area contributed by atoms with Crippen LogP contribution in [0, 0.1) is 17.8 Å². The van der Waals surface area contributed by atoms with Crippen molar-refractivity contribution in [1.82, 2.24) is 0 Å². The van der Waals surface area contributed by atoms with Crippen molar-refractivity contribution in [3.63, 3.8) is 0 Å². The maximum Gasteiger partial charge on any atom is 0.119 e. The Kier molecular flexibility index (Phi) is 13.1. The molecule has 1 saturated carbocycles. The van der Waals surface area contributed by atoms with Gasteiger partial charge in [-0.3, -0.25) is 0 Å². The van der Waals surface area contributed by atoms with Gasteiger partial charge in [-0.25, -0.2) is 0 Å². The molecule has 125 valence electrons. The Labute approximate surface area is 134 Å². The molecule has 0 spiro atoms. The van der Waals surface area contributed by atoms with Crippen LogP contribution in [0.2, 0.25) is 0 Å². The van der Waals surface area contributed by atoms with Crippen LogP contribution in [-0.2, 0) is 4.79 Å². The fourth-order valence-corrected chi connectivity index (χ4v) is 2.92. The number of unbranched alkanes of at least 4 members (excludes halogenated alkanes) is 7. The molecule has 21 heavy (non-hydrogen) atoms. The van der Waals surface area contributed by atoms with E-state index in [0.717, 1.165) is 25.0 Å². The van der Waals surface area contributed by atoms with E-state index in [1.165, 1.54) is 64.2 Å². The van der Waals surface area contributed by atoms with Crippen LogP contribution in [0.25, 0.3) is 0 Å². The summed E-state index contributed by atoms with van der Waals surface area (Å²) in [5.74, 6) is 0.876. The van der Waals surface area contributed by atoms with Gasteiger partial charge in [-0.1, -0.05) is 79.1 Å². The lowest BCUT2D eigenvalue weighted by molar-refractivity contribution is -0.107. The lowest BCUT2D eigenvalue weighted by atomic mass is 9.72. The second kappa shape index (κ2) is 13.3. The fourth-order valence-electron chi connectivity index (χ4n) is 2.92. The minimum atomic E-state index is 0.514. The van der Waals surface area contributed by atoms with E-state index in [4.69, 9.17) is 0 Å². The van der Waals surface area contributed by atoms with Crippen molar-refractivity contribution in [3.8, 4) is 0 Å². The summed E-state index contributed by atoms with van der Waals surface area (Å²) in [5.41, 5.74) is 0.514. The van der Waals surface area contributed by atoms with E-state index in [2.05, 4.69) is 34.1 Å². The minimum Gasteiger partial charge on any atom is -0.303 e. The highest BCUT2D eigenvalue weighted by Gasteiger charge is 2.25. The summed E-state index contributed by atoms with van der Waals surface area (Å²) >= 11 is 0. The van der Waals surface area contributed by atoms with Gasteiger partial charge in [0.2, 0.25) is 0 Å². The van der Waals surface area contributed by atoms with Gasteiger partial charge in [0.1, 0.15) is 6.29 Å². The van der Waals surface area contributed by atoms with Crippen LogP contribution in [0.15, 0.2) is 0 Å². The number of aldehydes is 1. The van der Waals surface area contributed by atoms with Gasteiger partial charge in [-0.15, -0.1) is 0 Å². The molecule has 0 bridgehead atoms. The summed E-state index contributed by atoms with van der Waals surface area (Å²) in [6.07, 6.45) is 19.0. The Bertz CT molecular complexity index is 220. The van der Waals surface area contributed by atoms with Gasteiger partial charge in [-0.05, 0) is 37.0 Å². The van der Waals surface area contributed by atoms with Gasteiger partial charge < -0.3 is 4.79 Å². The largest absolute Gasteiger partial charge is 0.303 e. The molecule has 1 radical (unpaired) electrons. The molecule has 1 rings (SSSR count). The van der Waals surface area contributed by atoms with Gasteiger partial charge >= 0.3 is 0 Å². The standard InChI is InChI=1S/C10H20O.C10H19/c1-2-3-4-5-6-7-8-9-10-11;1-10(2,3)9-7-5-4-6-8-9/h10H,2-9H2,1H3;7,9H,4-6,8H2,1-3H3. The van der Waals surface area contributed by atoms with Crippen LogP contribution in [0.5, 0.6) is 0 Å². The molecular weight excluding hydrogens is 256 g/mol. The zero-order valence-electron chi connectivity index (χ0n) is 15.1. The zero-order chi connectivity index (χ0) is 16.0. The van der Waals surface area contributed by atoms with E-state index in [1.807, 2.05) is 0 Å². The molecule has 0 aliphatic heterocycles. The van der Waals surface area contributed by atoms with E-state index in [-0.39, 0.29) is 0 Å². The van der Waals surface area contributed by atoms with E-state index < -0.39 is 0 Å². The van der Waals surface area contributed by atoms with Gasteiger partial charge in [-0.2, -0.15) is 0 Å². The fraction of sp³-hybridized carbons (Fsp3) is 0.900. The first kappa shape index (κ1) is 20.7. The minimum absolute atomic E-state index is 0.514. The van der Waals surface area contributed by atoms with Crippen LogP contribution < -0.4 is 0 Å². The molecule has 0 aromatic rings. The van der Waals surface area contributed by atoms with Crippen molar-refractivity contribution in [2.45, 2.75) is 105 Å². The average molecular weight is 296 g/mol. The first-order valence-corrected chi connectivity index (χ1v) is 9.29. The summed E-state index contributed by atoms with van der Waals surface area (Å²) in [6, 6.07) is 0. The van der Waals surface area contributed by atoms with Crippen molar-refractivity contribution in [1.29, 1.82) is 0 Å². The zero-order valence-corrected chi connectivity index (χ0v) is 15.1. The third-order valence-electron chi connectivity index (χ3n) is 4.46. The van der Waals surface area contributed by atoms with Crippen molar-refractivity contribution in [2.75, 3.05) is 0 Å².